The van der Waals surface area contributed by atoms with E-state index in [1.807, 2.05) is 18.2 Å². The molecule has 5 heteroatoms. The van der Waals surface area contributed by atoms with Crippen LogP contribution in [0, 0.1) is 0 Å². The summed E-state index contributed by atoms with van der Waals surface area (Å²) in [7, 11) is -0.306. The van der Waals surface area contributed by atoms with Crippen molar-refractivity contribution in [3.63, 3.8) is 0 Å². The topological polar surface area (TPSA) is 43.4 Å². The Balaban J connectivity index is 1.73. The summed E-state index contributed by atoms with van der Waals surface area (Å²) in [4.78, 5) is 4.53. The molecule has 0 saturated carbocycles. The third kappa shape index (κ3) is 2.85. The Morgan fingerprint density at radius 2 is 1.95 bits per heavy atom. The van der Waals surface area contributed by atoms with Crippen molar-refractivity contribution in [2.75, 3.05) is 11.9 Å². The van der Waals surface area contributed by atoms with Crippen molar-refractivity contribution in [1.82, 2.24) is 4.98 Å². The lowest BCUT2D eigenvalue weighted by molar-refractivity contribution is 0.00578. The second kappa shape index (κ2) is 5.14. The van der Waals surface area contributed by atoms with E-state index >= 15 is 0 Å². The summed E-state index contributed by atoms with van der Waals surface area (Å²) in [5.41, 5.74) is 2.79. The van der Waals surface area contributed by atoms with Crippen LogP contribution in [0.15, 0.2) is 18.2 Å². The maximum Gasteiger partial charge on any atom is 0.487 e. The first kappa shape index (κ1) is 14.6. The van der Waals surface area contributed by atoms with Crippen molar-refractivity contribution in [2.24, 2.45) is 0 Å². The molecule has 0 amide bonds. The van der Waals surface area contributed by atoms with Crippen molar-refractivity contribution < 1.29 is 9.31 Å². The van der Waals surface area contributed by atoms with Gasteiger partial charge in [-0.15, -0.1) is 0 Å². The molecule has 3 rings (SSSR count). The molecule has 0 spiro atoms. The molecule has 1 fully saturated rings. The predicted molar refractivity (Wildman–Crippen MR) is 86.2 cm³/mol. The number of nitrogens with zero attached hydrogens (tertiary/aromatic N) is 1. The van der Waals surface area contributed by atoms with Gasteiger partial charge in [0.25, 0.3) is 0 Å². The van der Waals surface area contributed by atoms with Crippen LogP contribution in [0.2, 0.25) is 0 Å². The first-order valence-electron chi connectivity index (χ1n) is 7.64. The van der Waals surface area contributed by atoms with Crippen LogP contribution in [0.5, 0.6) is 0 Å². The van der Waals surface area contributed by atoms with Crippen molar-refractivity contribution >= 4 is 18.9 Å². The zero-order chi connectivity index (χ0) is 15.1. The van der Waals surface area contributed by atoms with Crippen LogP contribution >= 0.6 is 0 Å². The van der Waals surface area contributed by atoms with Gasteiger partial charge in [0.1, 0.15) is 0 Å². The van der Waals surface area contributed by atoms with Crippen LogP contribution in [0.3, 0.4) is 0 Å². The van der Waals surface area contributed by atoms with Crippen LogP contribution < -0.4 is 5.32 Å². The summed E-state index contributed by atoms with van der Waals surface area (Å²) in [6.07, 6.45) is 6.14. The fourth-order valence-corrected chi connectivity index (χ4v) is 2.59. The fraction of sp³-hybridized carbons (Fsp3) is 0.562. The predicted octanol–water partition coefficient (Wildman–Crippen LogP) is 3.08. The number of fused-ring (bicyclic) bond motifs is 1. The average Bonchev–Trinajstić information content (AvgIpc) is 2.64. The van der Waals surface area contributed by atoms with Gasteiger partial charge in [-0.25, -0.2) is 0 Å². The van der Waals surface area contributed by atoms with Gasteiger partial charge in [0, 0.05) is 12.7 Å². The second-order valence-corrected chi connectivity index (χ2v) is 6.78. The van der Waals surface area contributed by atoms with E-state index in [4.69, 9.17) is 9.31 Å². The zero-order valence-electron chi connectivity index (χ0n) is 13.3. The molecule has 21 heavy (non-hydrogen) atoms. The summed E-state index contributed by atoms with van der Waals surface area (Å²) < 4.78 is 11.9. The Hall–Kier alpha value is -1.33. The molecule has 3 heterocycles. The maximum absolute atomic E-state index is 5.95. The Kier molecular flexibility index (Phi) is 3.58. The molecule has 0 atom stereocenters. The third-order valence-corrected chi connectivity index (χ3v) is 4.61. The molecule has 4 nitrogen and oxygen atoms in total. The summed E-state index contributed by atoms with van der Waals surface area (Å²) in [6, 6.07) is 2.14. The van der Waals surface area contributed by atoms with E-state index in [2.05, 4.69) is 44.1 Å². The summed E-state index contributed by atoms with van der Waals surface area (Å²) in [5, 5.41) is 3.40. The number of aryl methyl sites for hydroxylation is 1. The average molecular weight is 286 g/mol. The van der Waals surface area contributed by atoms with Gasteiger partial charge < -0.3 is 14.6 Å². The first-order valence-corrected chi connectivity index (χ1v) is 7.64. The van der Waals surface area contributed by atoms with E-state index in [0.29, 0.717) is 0 Å². The minimum Gasteiger partial charge on any atom is -0.400 e. The monoisotopic (exact) mass is 286 g/mol. The van der Waals surface area contributed by atoms with Crippen LogP contribution in [-0.4, -0.2) is 29.8 Å². The number of nitrogens with one attached hydrogen (secondary N) is 1. The molecule has 0 radical (unpaired) electrons. The van der Waals surface area contributed by atoms with E-state index in [1.165, 1.54) is 0 Å². The Morgan fingerprint density at radius 1 is 1.24 bits per heavy atom. The van der Waals surface area contributed by atoms with Gasteiger partial charge in [-0.3, -0.25) is 4.98 Å². The molecule has 0 aliphatic carbocycles. The summed E-state index contributed by atoms with van der Waals surface area (Å²) in [5.74, 6) is 1.96. The Labute approximate surface area is 127 Å². The highest BCUT2D eigenvalue weighted by Crippen LogP contribution is 2.37. The van der Waals surface area contributed by atoms with E-state index in [1.54, 1.807) is 0 Å². The third-order valence-electron chi connectivity index (χ3n) is 4.61. The molecule has 0 aromatic carbocycles. The molecule has 0 bridgehead atoms. The normalized spacial score (nSPS) is 23.1. The number of aromatic nitrogens is 1. The van der Waals surface area contributed by atoms with Gasteiger partial charge in [0.2, 0.25) is 0 Å². The molecule has 2 aliphatic heterocycles. The molecule has 1 aromatic rings. The molecule has 2 aliphatic rings. The van der Waals surface area contributed by atoms with Crippen LogP contribution in [-0.2, 0) is 15.7 Å². The Bertz CT molecular complexity index is 553. The van der Waals surface area contributed by atoms with Gasteiger partial charge in [0.15, 0.2) is 0 Å². The molecular weight excluding hydrogens is 263 g/mol. The lowest BCUT2D eigenvalue weighted by atomic mass is 9.89. The molecule has 0 unspecified atom stereocenters. The zero-order valence-corrected chi connectivity index (χ0v) is 13.3. The van der Waals surface area contributed by atoms with E-state index in [0.717, 1.165) is 36.3 Å². The minimum absolute atomic E-state index is 0.294. The highest BCUT2D eigenvalue weighted by molar-refractivity contribution is 6.52. The maximum atomic E-state index is 5.95. The van der Waals surface area contributed by atoms with E-state index < -0.39 is 0 Å². The van der Waals surface area contributed by atoms with Gasteiger partial charge in [-0.2, -0.15) is 0 Å². The Morgan fingerprint density at radius 3 is 2.67 bits per heavy atom. The SMILES string of the molecule is CC1(C)OB(/C=C/c2cnc3c(c2)NCCC3)OC1(C)C. The van der Waals surface area contributed by atoms with Crippen LogP contribution in [0.1, 0.15) is 45.4 Å². The van der Waals surface area contributed by atoms with Gasteiger partial charge in [-0.05, 0) is 52.2 Å². The smallest absolute Gasteiger partial charge is 0.400 e. The largest absolute Gasteiger partial charge is 0.487 e. The van der Waals surface area contributed by atoms with Crippen LogP contribution in [0.4, 0.5) is 5.69 Å². The lowest BCUT2D eigenvalue weighted by Crippen LogP contribution is -2.41. The van der Waals surface area contributed by atoms with Gasteiger partial charge in [-0.1, -0.05) is 12.1 Å². The molecule has 1 aromatic heterocycles. The number of pyridine rings is 1. The van der Waals surface area contributed by atoms with Crippen molar-refractivity contribution in [3.8, 4) is 0 Å². The number of hydrogen-bond acceptors (Lipinski definition) is 4. The van der Waals surface area contributed by atoms with E-state index in [-0.39, 0.29) is 18.3 Å². The van der Waals surface area contributed by atoms with Gasteiger partial charge >= 0.3 is 7.12 Å². The quantitative estimate of drug-likeness (QED) is 0.848. The van der Waals surface area contributed by atoms with Crippen molar-refractivity contribution in [1.29, 1.82) is 0 Å². The molecule has 1 saturated heterocycles. The van der Waals surface area contributed by atoms with Gasteiger partial charge in [0.05, 0.1) is 22.6 Å². The van der Waals surface area contributed by atoms with Crippen molar-refractivity contribution in [3.05, 3.63) is 29.5 Å². The molecular formula is C16H23BN2O2. The number of anilines is 1. The lowest BCUT2D eigenvalue weighted by Gasteiger charge is -2.32. The minimum atomic E-state index is -0.306. The standard InChI is InChI=1S/C16H23BN2O2/c1-15(2)16(3,4)21-17(20-15)8-7-12-10-14-13(19-11-12)6-5-9-18-14/h7-8,10-11,18H,5-6,9H2,1-4H3/b8-7+. The molecule has 1 N–H and O–H groups in total. The summed E-state index contributed by atoms with van der Waals surface area (Å²) in [6.45, 7) is 9.27. The first-order chi connectivity index (χ1) is 9.87. The summed E-state index contributed by atoms with van der Waals surface area (Å²) >= 11 is 0. The number of rotatable bonds is 2. The highest BCUT2D eigenvalue weighted by atomic mass is 16.7. The molecule has 112 valence electrons. The highest BCUT2D eigenvalue weighted by Gasteiger charge is 2.49. The van der Waals surface area contributed by atoms with Crippen LogP contribution in [0.25, 0.3) is 6.08 Å². The fourth-order valence-electron chi connectivity index (χ4n) is 2.59. The number of hydrogen-bond donors (Lipinski definition) is 1. The van der Waals surface area contributed by atoms with E-state index in [9.17, 15) is 0 Å². The second-order valence-electron chi connectivity index (χ2n) is 6.78. The van der Waals surface area contributed by atoms with Crippen molar-refractivity contribution in [2.45, 2.75) is 51.7 Å².